The molecule has 0 bridgehead atoms. The third-order valence-electron chi connectivity index (χ3n) is 5.62. The number of methoxy groups -OCH3 is 1. The quantitative estimate of drug-likeness (QED) is 0.329. The number of anilines is 1. The molecular weight excluding hydrogens is 456 g/mol. The number of carbonyl (C=O) groups is 2. The van der Waals surface area contributed by atoms with Crippen molar-refractivity contribution in [3.05, 3.63) is 95.1 Å². The zero-order valence-electron chi connectivity index (χ0n) is 18.4. The van der Waals surface area contributed by atoms with Gasteiger partial charge in [0, 0.05) is 11.3 Å². The molecule has 3 aromatic carbocycles. The maximum atomic E-state index is 13.2. The molecule has 8 nitrogen and oxygen atoms in total. The van der Waals surface area contributed by atoms with E-state index in [1.54, 1.807) is 48.5 Å². The molecule has 1 saturated heterocycles. The number of benzene rings is 3. The third kappa shape index (κ3) is 4.18. The van der Waals surface area contributed by atoms with Crippen molar-refractivity contribution in [1.82, 2.24) is 0 Å². The monoisotopic (exact) mass is 478 g/mol. The van der Waals surface area contributed by atoms with Gasteiger partial charge in [-0.2, -0.15) is 0 Å². The van der Waals surface area contributed by atoms with E-state index in [0.717, 1.165) is 5.56 Å². The predicted octanol–water partition coefficient (Wildman–Crippen LogP) is 3.28. The minimum atomic E-state index is -3.94. The molecule has 0 aromatic heterocycles. The highest BCUT2D eigenvalue weighted by Crippen LogP contribution is 2.43. The van der Waals surface area contributed by atoms with E-state index in [1.807, 2.05) is 6.92 Å². The number of aliphatic hydroxyl groups excluding tert-OH is 1. The number of amides is 1. The molecule has 3 aromatic rings. The van der Waals surface area contributed by atoms with Gasteiger partial charge >= 0.3 is 0 Å². The van der Waals surface area contributed by atoms with E-state index in [4.69, 9.17) is 9.88 Å². The maximum Gasteiger partial charge on any atom is 0.300 e. The van der Waals surface area contributed by atoms with Crippen LogP contribution in [0.5, 0.6) is 5.75 Å². The summed E-state index contributed by atoms with van der Waals surface area (Å²) in [4.78, 5) is 27.5. The van der Waals surface area contributed by atoms with Crippen LogP contribution in [0, 0.1) is 6.92 Å². The molecule has 1 heterocycles. The normalized spacial score (nSPS) is 17.7. The molecule has 1 aliphatic heterocycles. The van der Waals surface area contributed by atoms with Crippen LogP contribution in [0.25, 0.3) is 5.76 Å². The minimum Gasteiger partial charge on any atom is -0.507 e. The second kappa shape index (κ2) is 8.77. The molecular formula is C25H22N2O6S. The SMILES string of the molecule is COc1cccc(C2/C(=C(\O)c3ccc(C)cc3)C(=O)C(=O)N2c2ccc(S(N)(=O)=O)cc2)c1. The number of nitrogens with two attached hydrogens (primary N) is 1. The van der Waals surface area contributed by atoms with Crippen molar-refractivity contribution in [2.45, 2.75) is 17.9 Å². The fourth-order valence-electron chi connectivity index (χ4n) is 3.89. The van der Waals surface area contributed by atoms with E-state index in [9.17, 15) is 23.1 Å². The third-order valence-corrected chi connectivity index (χ3v) is 6.55. The Labute approximate surface area is 196 Å². The highest BCUT2D eigenvalue weighted by molar-refractivity contribution is 7.89. The molecule has 9 heteroatoms. The van der Waals surface area contributed by atoms with Crippen molar-refractivity contribution in [3.8, 4) is 5.75 Å². The molecule has 0 aliphatic carbocycles. The van der Waals surface area contributed by atoms with Crippen molar-refractivity contribution in [2.75, 3.05) is 12.0 Å². The molecule has 0 saturated carbocycles. The number of sulfonamides is 1. The Hall–Kier alpha value is -3.95. The lowest BCUT2D eigenvalue weighted by atomic mass is 9.94. The number of aryl methyl sites for hydroxylation is 1. The van der Waals surface area contributed by atoms with E-state index < -0.39 is 27.8 Å². The standard InChI is InChI=1S/C25H22N2O6S/c1-15-6-8-16(9-7-15)23(28)21-22(17-4-3-5-19(14-17)33-2)27(25(30)24(21)29)18-10-12-20(13-11-18)34(26,31)32/h3-14,22,28H,1-2H3,(H2,26,31,32)/b23-21+. The summed E-state index contributed by atoms with van der Waals surface area (Å²) in [6.45, 7) is 1.89. The Morgan fingerprint density at radius 3 is 2.24 bits per heavy atom. The van der Waals surface area contributed by atoms with E-state index in [0.29, 0.717) is 16.9 Å². The van der Waals surface area contributed by atoms with Crippen LogP contribution in [-0.4, -0.2) is 32.3 Å². The molecule has 0 radical (unpaired) electrons. The number of hydrogen-bond donors (Lipinski definition) is 2. The molecule has 4 rings (SSSR count). The number of nitrogens with zero attached hydrogens (tertiary/aromatic N) is 1. The van der Waals surface area contributed by atoms with E-state index in [2.05, 4.69) is 0 Å². The summed E-state index contributed by atoms with van der Waals surface area (Å²) in [5.74, 6) is -1.52. The van der Waals surface area contributed by atoms with Gasteiger partial charge in [0.15, 0.2) is 0 Å². The van der Waals surface area contributed by atoms with Crippen LogP contribution in [0.1, 0.15) is 22.7 Å². The number of ketones is 1. The van der Waals surface area contributed by atoms with Gasteiger partial charge in [0.1, 0.15) is 11.5 Å². The van der Waals surface area contributed by atoms with Crippen LogP contribution < -0.4 is 14.8 Å². The number of primary sulfonamides is 1. The molecule has 34 heavy (non-hydrogen) atoms. The average Bonchev–Trinajstić information content (AvgIpc) is 3.09. The van der Waals surface area contributed by atoms with Gasteiger partial charge in [-0.05, 0) is 48.9 Å². The van der Waals surface area contributed by atoms with Crippen LogP contribution in [0.15, 0.2) is 83.3 Å². The van der Waals surface area contributed by atoms with Gasteiger partial charge in [-0.15, -0.1) is 0 Å². The Balaban J connectivity index is 1.93. The first-order chi connectivity index (χ1) is 16.1. The van der Waals surface area contributed by atoms with Crippen LogP contribution in [0.2, 0.25) is 0 Å². The Bertz CT molecular complexity index is 1410. The lowest BCUT2D eigenvalue weighted by Crippen LogP contribution is -2.29. The first-order valence-electron chi connectivity index (χ1n) is 10.3. The van der Waals surface area contributed by atoms with Gasteiger partial charge in [0.25, 0.3) is 11.7 Å². The molecule has 0 spiro atoms. The van der Waals surface area contributed by atoms with Crippen molar-refractivity contribution in [2.24, 2.45) is 5.14 Å². The van der Waals surface area contributed by atoms with Gasteiger partial charge in [0.2, 0.25) is 10.0 Å². The van der Waals surface area contributed by atoms with Crippen molar-refractivity contribution < 1.29 is 27.9 Å². The molecule has 1 atom stereocenters. The highest BCUT2D eigenvalue weighted by atomic mass is 32.2. The number of rotatable bonds is 5. The summed E-state index contributed by atoms with van der Waals surface area (Å²) in [6.07, 6.45) is 0. The second-order valence-electron chi connectivity index (χ2n) is 7.85. The predicted molar refractivity (Wildman–Crippen MR) is 127 cm³/mol. The van der Waals surface area contributed by atoms with E-state index >= 15 is 0 Å². The van der Waals surface area contributed by atoms with Gasteiger partial charge in [-0.1, -0.05) is 42.0 Å². The fourth-order valence-corrected chi connectivity index (χ4v) is 4.40. The fraction of sp³-hybridized carbons (Fsp3) is 0.120. The largest absolute Gasteiger partial charge is 0.507 e. The topological polar surface area (TPSA) is 127 Å². The smallest absolute Gasteiger partial charge is 0.300 e. The summed E-state index contributed by atoms with van der Waals surface area (Å²) in [6, 6.07) is 18.1. The van der Waals surface area contributed by atoms with Crippen molar-refractivity contribution >= 4 is 33.2 Å². The van der Waals surface area contributed by atoms with Gasteiger partial charge in [0.05, 0.1) is 23.6 Å². The minimum absolute atomic E-state index is 0.0855. The summed E-state index contributed by atoms with van der Waals surface area (Å²) in [5.41, 5.74) is 2.07. The average molecular weight is 479 g/mol. The zero-order chi connectivity index (χ0) is 24.6. The Kier molecular flexibility index (Phi) is 5.99. The summed E-state index contributed by atoms with van der Waals surface area (Å²) < 4.78 is 28.6. The molecule has 3 N–H and O–H groups in total. The number of ether oxygens (including phenoxy) is 1. The van der Waals surface area contributed by atoms with Crippen molar-refractivity contribution in [1.29, 1.82) is 0 Å². The number of Topliss-reactive ketones (excluding diaryl/α,β-unsaturated/α-hetero) is 1. The Morgan fingerprint density at radius 1 is 1.00 bits per heavy atom. The number of carbonyl (C=O) groups excluding carboxylic acids is 2. The lowest BCUT2D eigenvalue weighted by molar-refractivity contribution is -0.132. The lowest BCUT2D eigenvalue weighted by Gasteiger charge is -2.26. The zero-order valence-corrected chi connectivity index (χ0v) is 19.2. The summed E-state index contributed by atoms with van der Waals surface area (Å²) >= 11 is 0. The maximum absolute atomic E-state index is 13.2. The van der Waals surface area contributed by atoms with Crippen LogP contribution in [0.3, 0.4) is 0 Å². The van der Waals surface area contributed by atoms with E-state index in [1.165, 1.54) is 36.3 Å². The first-order valence-corrected chi connectivity index (χ1v) is 11.8. The highest BCUT2D eigenvalue weighted by Gasteiger charge is 2.47. The van der Waals surface area contributed by atoms with Crippen LogP contribution in [0.4, 0.5) is 5.69 Å². The molecule has 1 aliphatic rings. The molecule has 1 amide bonds. The van der Waals surface area contributed by atoms with Crippen LogP contribution >= 0.6 is 0 Å². The molecule has 1 fully saturated rings. The second-order valence-corrected chi connectivity index (χ2v) is 9.41. The van der Waals surface area contributed by atoms with Gasteiger partial charge in [-0.3, -0.25) is 14.5 Å². The van der Waals surface area contributed by atoms with Crippen LogP contribution in [-0.2, 0) is 19.6 Å². The summed E-state index contributed by atoms with van der Waals surface area (Å²) in [5, 5.41) is 16.3. The first kappa shape index (κ1) is 23.2. The van der Waals surface area contributed by atoms with E-state index in [-0.39, 0.29) is 21.9 Å². The summed E-state index contributed by atoms with van der Waals surface area (Å²) in [7, 11) is -2.45. The Morgan fingerprint density at radius 2 is 1.65 bits per heavy atom. The molecule has 174 valence electrons. The van der Waals surface area contributed by atoms with Crippen molar-refractivity contribution in [3.63, 3.8) is 0 Å². The van der Waals surface area contributed by atoms with Gasteiger partial charge < -0.3 is 9.84 Å². The van der Waals surface area contributed by atoms with Gasteiger partial charge in [-0.25, -0.2) is 13.6 Å². The number of aliphatic hydroxyl groups is 1. The molecule has 1 unspecified atom stereocenters. The number of hydrogen-bond acceptors (Lipinski definition) is 6.